The van der Waals surface area contributed by atoms with Gasteiger partial charge in [0.05, 0.1) is 16.8 Å². The Balaban J connectivity index is 2.55. The number of halogens is 3. The summed E-state index contributed by atoms with van der Waals surface area (Å²) < 4.78 is 43.8. The number of benzene rings is 1. The van der Waals surface area contributed by atoms with Crippen LogP contribution in [0.15, 0.2) is 24.3 Å². The van der Waals surface area contributed by atoms with Gasteiger partial charge in [0.15, 0.2) is 0 Å². The Kier molecular flexibility index (Phi) is 3.17. The number of ether oxygens (including phenoxy) is 1. The van der Waals surface area contributed by atoms with Gasteiger partial charge in [-0.3, -0.25) is 4.90 Å². The zero-order chi connectivity index (χ0) is 14.3. The molecular formula is C12H13F3N2O2. The summed E-state index contributed by atoms with van der Waals surface area (Å²) in [6.45, 7) is 1.56. The molecule has 4 nitrogen and oxygen atoms in total. The van der Waals surface area contributed by atoms with Crippen LogP contribution < -0.4 is 10.6 Å². The fraction of sp³-hybridized carbons (Fsp3) is 0.417. The summed E-state index contributed by atoms with van der Waals surface area (Å²) in [7, 11) is 0. The molecule has 7 heteroatoms. The van der Waals surface area contributed by atoms with E-state index in [9.17, 15) is 18.0 Å². The average molecular weight is 274 g/mol. The van der Waals surface area contributed by atoms with Crippen LogP contribution >= 0.6 is 0 Å². The van der Waals surface area contributed by atoms with E-state index in [1.807, 2.05) is 0 Å². The van der Waals surface area contributed by atoms with Gasteiger partial charge >= 0.3 is 12.3 Å². The zero-order valence-electron chi connectivity index (χ0n) is 10.2. The Morgan fingerprint density at radius 2 is 2.05 bits per heavy atom. The lowest BCUT2D eigenvalue weighted by Crippen LogP contribution is -2.51. The van der Waals surface area contributed by atoms with Crippen LogP contribution in [-0.2, 0) is 10.9 Å². The van der Waals surface area contributed by atoms with E-state index in [0.29, 0.717) is 0 Å². The first-order valence-corrected chi connectivity index (χ1v) is 5.63. The van der Waals surface area contributed by atoms with Gasteiger partial charge in [-0.15, -0.1) is 0 Å². The second kappa shape index (κ2) is 4.41. The molecule has 104 valence electrons. The summed E-state index contributed by atoms with van der Waals surface area (Å²) in [6.07, 6.45) is -5.36. The second-order valence-corrected chi connectivity index (χ2v) is 4.61. The highest BCUT2D eigenvalue weighted by Gasteiger charge is 2.47. The SMILES string of the molecule is CC1(CN)COC(=O)N1c1ccccc1C(F)(F)F. The molecule has 2 rings (SSSR count). The average Bonchev–Trinajstić information content (AvgIpc) is 2.65. The fourth-order valence-corrected chi connectivity index (χ4v) is 2.01. The lowest BCUT2D eigenvalue weighted by atomic mass is 10.0. The van der Waals surface area contributed by atoms with Gasteiger partial charge in [-0.1, -0.05) is 12.1 Å². The number of hydrogen-bond donors (Lipinski definition) is 1. The van der Waals surface area contributed by atoms with Crippen LogP contribution in [-0.4, -0.2) is 24.8 Å². The van der Waals surface area contributed by atoms with E-state index in [1.165, 1.54) is 18.2 Å². The van der Waals surface area contributed by atoms with E-state index in [1.54, 1.807) is 6.92 Å². The summed E-state index contributed by atoms with van der Waals surface area (Å²) in [5, 5.41) is 0. The van der Waals surface area contributed by atoms with Gasteiger partial charge in [-0.2, -0.15) is 13.2 Å². The minimum absolute atomic E-state index is 0.00489. The van der Waals surface area contributed by atoms with Crippen LogP contribution in [0.4, 0.5) is 23.7 Å². The first-order valence-electron chi connectivity index (χ1n) is 5.63. The number of nitrogens with two attached hydrogens (primary N) is 1. The van der Waals surface area contributed by atoms with Crippen molar-refractivity contribution in [2.45, 2.75) is 18.6 Å². The molecule has 1 aliphatic heterocycles. The number of amides is 1. The molecule has 19 heavy (non-hydrogen) atoms. The third-order valence-corrected chi connectivity index (χ3v) is 3.12. The Hall–Kier alpha value is -1.76. The maximum Gasteiger partial charge on any atom is 0.418 e. The number of cyclic esters (lactones) is 1. The summed E-state index contributed by atoms with van der Waals surface area (Å²) in [4.78, 5) is 12.7. The van der Waals surface area contributed by atoms with Crippen LogP contribution in [0.2, 0.25) is 0 Å². The lowest BCUT2D eigenvalue weighted by molar-refractivity contribution is -0.137. The standard InChI is InChI=1S/C12H13F3N2O2/c1-11(6-16)7-19-10(18)17(11)9-5-3-2-4-8(9)12(13,14)15/h2-5H,6-7,16H2,1H3. The van der Waals surface area contributed by atoms with Gasteiger partial charge in [-0.25, -0.2) is 4.79 Å². The lowest BCUT2D eigenvalue weighted by Gasteiger charge is -2.32. The van der Waals surface area contributed by atoms with Gasteiger partial charge in [0, 0.05) is 6.54 Å². The van der Waals surface area contributed by atoms with Crippen LogP contribution in [0.5, 0.6) is 0 Å². The molecule has 1 saturated heterocycles. The van der Waals surface area contributed by atoms with E-state index in [2.05, 4.69) is 0 Å². The van der Waals surface area contributed by atoms with E-state index in [-0.39, 0.29) is 18.8 Å². The number of carbonyl (C=O) groups is 1. The molecule has 1 heterocycles. The van der Waals surface area contributed by atoms with Crippen molar-refractivity contribution in [1.29, 1.82) is 0 Å². The minimum Gasteiger partial charge on any atom is -0.447 e. The molecule has 2 N–H and O–H groups in total. The van der Waals surface area contributed by atoms with E-state index < -0.39 is 23.4 Å². The molecule has 1 atom stereocenters. The van der Waals surface area contributed by atoms with E-state index >= 15 is 0 Å². The second-order valence-electron chi connectivity index (χ2n) is 4.61. The van der Waals surface area contributed by atoms with Gasteiger partial charge in [0.2, 0.25) is 0 Å². The first kappa shape index (κ1) is 13.7. The highest BCUT2D eigenvalue weighted by atomic mass is 19.4. The van der Waals surface area contributed by atoms with Crippen LogP contribution in [0, 0.1) is 0 Å². The molecule has 1 fully saturated rings. The van der Waals surface area contributed by atoms with Gasteiger partial charge in [0.1, 0.15) is 6.61 Å². The molecular weight excluding hydrogens is 261 g/mol. The number of nitrogens with zero attached hydrogens (tertiary/aromatic N) is 1. The largest absolute Gasteiger partial charge is 0.447 e. The summed E-state index contributed by atoms with van der Waals surface area (Å²) in [6, 6.07) is 4.88. The van der Waals surface area contributed by atoms with Gasteiger partial charge < -0.3 is 10.5 Å². The predicted octanol–water partition coefficient (Wildman–Crippen LogP) is 2.38. The van der Waals surface area contributed by atoms with Crippen LogP contribution in [0.3, 0.4) is 0 Å². The number of carbonyl (C=O) groups excluding carboxylic acids is 1. The Bertz CT molecular complexity index is 504. The summed E-state index contributed by atoms with van der Waals surface area (Å²) in [5.41, 5.74) is 3.48. The van der Waals surface area contributed by atoms with Crippen molar-refractivity contribution >= 4 is 11.8 Å². The van der Waals surface area contributed by atoms with Gasteiger partial charge in [-0.05, 0) is 19.1 Å². The van der Waals surface area contributed by atoms with Crippen LogP contribution in [0.25, 0.3) is 0 Å². The zero-order valence-corrected chi connectivity index (χ0v) is 10.2. The Morgan fingerprint density at radius 3 is 2.63 bits per heavy atom. The summed E-state index contributed by atoms with van der Waals surface area (Å²) >= 11 is 0. The quantitative estimate of drug-likeness (QED) is 0.900. The maximum atomic E-state index is 13.0. The number of para-hydroxylation sites is 1. The third kappa shape index (κ3) is 2.25. The monoisotopic (exact) mass is 274 g/mol. The fourth-order valence-electron chi connectivity index (χ4n) is 2.01. The smallest absolute Gasteiger partial charge is 0.418 e. The highest BCUT2D eigenvalue weighted by Crippen LogP contribution is 2.40. The Morgan fingerprint density at radius 1 is 1.42 bits per heavy atom. The highest BCUT2D eigenvalue weighted by molar-refractivity contribution is 5.92. The first-order chi connectivity index (χ1) is 8.79. The van der Waals surface area contributed by atoms with Crippen molar-refractivity contribution in [1.82, 2.24) is 0 Å². The topological polar surface area (TPSA) is 55.6 Å². The molecule has 0 aliphatic carbocycles. The molecule has 1 unspecified atom stereocenters. The maximum absolute atomic E-state index is 13.0. The normalized spacial score (nSPS) is 23.6. The molecule has 1 aromatic carbocycles. The molecule has 0 aromatic heterocycles. The van der Waals surface area contributed by atoms with Crippen LogP contribution in [0.1, 0.15) is 12.5 Å². The number of rotatable bonds is 2. The van der Waals surface area contributed by atoms with Crippen molar-refractivity contribution in [2.24, 2.45) is 5.73 Å². The van der Waals surface area contributed by atoms with Crippen molar-refractivity contribution in [3.8, 4) is 0 Å². The number of alkyl halides is 3. The van der Waals surface area contributed by atoms with Crippen molar-refractivity contribution in [3.63, 3.8) is 0 Å². The molecule has 1 aromatic rings. The Labute approximate surface area is 107 Å². The van der Waals surface area contributed by atoms with Crippen molar-refractivity contribution < 1.29 is 22.7 Å². The van der Waals surface area contributed by atoms with Crippen molar-refractivity contribution in [3.05, 3.63) is 29.8 Å². The minimum atomic E-state index is -4.55. The summed E-state index contributed by atoms with van der Waals surface area (Å²) in [5.74, 6) is 0. The molecule has 0 spiro atoms. The molecule has 0 bridgehead atoms. The van der Waals surface area contributed by atoms with E-state index in [4.69, 9.17) is 10.5 Å². The molecule has 1 amide bonds. The van der Waals surface area contributed by atoms with E-state index in [0.717, 1.165) is 11.0 Å². The third-order valence-electron chi connectivity index (χ3n) is 3.12. The molecule has 1 aliphatic rings. The predicted molar refractivity (Wildman–Crippen MR) is 62.7 cm³/mol. The number of hydrogen-bond acceptors (Lipinski definition) is 3. The molecule has 0 saturated carbocycles. The van der Waals surface area contributed by atoms with Gasteiger partial charge in [0.25, 0.3) is 0 Å². The van der Waals surface area contributed by atoms with Crippen molar-refractivity contribution in [2.75, 3.05) is 18.1 Å². The number of anilines is 1. The molecule has 0 radical (unpaired) electrons.